The summed E-state index contributed by atoms with van der Waals surface area (Å²) in [6, 6.07) is 5.21. The molecule has 1 aromatic rings. The van der Waals surface area contributed by atoms with Gasteiger partial charge in [0.1, 0.15) is 5.75 Å². The van der Waals surface area contributed by atoms with E-state index in [2.05, 4.69) is 6.92 Å². The van der Waals surface area contributed by atoms with Crippen LogP contribution in [0.15, 0.2) is 42.0 Å². The van der Waals surface area contributed by atoms with E-state index in [0.717, 1.165) is 19.3 Å². The number of benzene rings is 1. The van der Waals surface area contributed by atoms with Gasteiger partial charge in [0, 0.05) is 16.5 Å². The van der Waals surface area contributed by atoms with Crippen LogP contribution in [0.1, 0.15) is 38.7 Å². The minimum absolute atomic E-state index is 0.0758. The average Bonchev–Trinajstić information content (AvgIpc) is 2.62. The summed E-state index contributed by atoms with van der Waals surface area (Å²) in [6.07, 6.45) is 7.76. The first kappa shape index (κ1) is 21.0. The van der Waals surface area contributed by atoms with E-state index < -0.39 is 23.3 Å². The first-order valence-corrected chi connectivity index (χ1v) is 9.47. The molecule has 6 heteroatoms. The lowest BCUT2D eigenvalue weighted by Crippen LogP contribution is -2.41. The molecule has 2 rings (SSSR count). The van der Waals surface area contributed by atoms with E-state index in [1.54, 1.807) is 31.2 Å². The van der Waals surface area contributed by atoms with Crippen LogP contribution in [-0.4, -0.2) is 28.8 Å². The smallest absolute Gasteiger partial charge is 0.331 e. The predicted octanol–water partition coefficient (Wildman–Crippen LogP) is 4.74. The fourth-order valence-electron chi connectivity index (χ4n) is 3.31. The highest BCUT2D eigenvalue weighted by atomic mass is 35.5. The standard InChI is InChI=1S/C21H25ClO5/c1-3-4-5-11-27-16-9-8-15(18(22)12-16)13-21(20(25)26)10-6-7-17(14(21)2)19(23)24/h6-10,12,14H,3-5,11,13H2,1-2H3,(H,23,24)(H,25,26). The topological polar surface area (TPSA) is 83.8 Å². The first-order valence-electron chi connectivity index (χ1n) is 9.09. The van der Waals surface area contributed by atoms with Crippen molar-refractivity contribution in [1.82, 2.24) is 0 Å². The van der Waals surface area contributed by atoms with Crippen LogP contribution in [0, 0.1) is 11.3 Å². The van der Waals surface area contributed by atoms with Crippen LogP contribution in [0.2, 0.25) is 5.02 Å². The molecule has 0 amide bonds. The molecule has 0 heterocycles. The number of unbranched alkanes of at least 4 members (excludes halogenated alkanes) is 2. The Hall–Kier alpha value is -2.27. The maximum atomic E-state index is 12.1. The second kappa shape index (κ2) is 9.09. The Morgan fingerprint density at radius 3 is 2.59 bits per heavy atom. The number of halogens is 1. The van der Waals surface area contributed by atoms with E-state index in [-0.39, 0.29) is 12.0 Å². The predicted molar refractivity (Wildman–Crippen MR) is 104 cm³/mol. The molecule has 2 atom stereocenters. The summed E-state index contributed by atoms with van der Waals surface area (Å²) in [6.45, 7) is 4.35. The van der Waals surface area contributed by atoms with Crippen molar-refractivity contribution in [1.29, 1.82) is 0 Å². The summed E-state index contributed by atoms with van der Waals surface area (Å²) in [5, 5.41) is 19.7. The van der Waals surface area contributed by atoms with E-state index in [0.29, 0.717) is 22.9 Å². The molecule has 27 heavy (non-hydrogen) atoms. The minimum Gasteiger partial charge on any atom is -0.494 e. The lowest BCUT2D eigenvalue weighted by molar-refractivity contribution is -0.148. The Balaban J connectivity index is 2.22. The van der Waals surface area contributed by atoms with E-state index in [9.17, 15) is 19.8 Å². The van der Waals surface area contributed by atoms with E-state index in [1.807, 2.05) is 0 Å². The molecule has 1 aliphatic carbocycles. The maximum Gasteiger partial charge on any atom is 0.331 e. The van der Waals surface area contributed by atoms with Gasteiger partial charge in [-0.05, 0) is 30.5 Å². The lowest BCUT2D eigenvalue weighted by atomic mass is 9.66. The van der Waals surface area contributed by atoms with Gasteiger partial charge in [0.05, 0.1) is 12.0 Å². The number of carboxylic acid groups (broad SMARTS) is 2. The number of aliphatic carboxylic acids is 2. The normalized spacial score (nSPS) is 21.6. The first-order chi connectivity index (χ1) is 12.8. The van der Waals surface area contributed by atoms with Gasteiger partial charge in [0.2, 0.25) is 0 Å². The van der Waals surface area contributed by atoms with E-state index in [1.165, 1.54) is 12.2 Å². The number of allylic oxidation sites excluding steroid dienone is 2. The molecular formula is C21H25ClO5. The van der Waals surface area contributed by atoms with Crippen LogP contribution in [0.25, 0.3) is 0 Å². The molecule has 146 valence electrons. The zero-order chi connectivity index (χ0) is 20.0. The second-order valence-corrected chi connectivity index (χ2v) is 7.25. The van der Waals surface area contributed by atoms with Crippen molar-refractivity contribution in [2.75, 3.05) is 6.61 Å². The van der Waals surface area contributed by atoms with Crippen LogP contribution in [0.4, 0.5) is 0 Å². The van der Waals surface area contributed by atoms with Crippen molar-refractivity contribution in [3.8, 4) is 5.75 Å². The van der Waals surface area contributed by atoms with Crippen molar-refractivity contribution in [2.24, 2.45) is 11.3 Å². The van der Waals surface area contributed by atoms with Crippen LogP contribution < -0.4 is 4.74 Å². The number of ether oxygens (including phenoxy) is 1. The van der Waals surface area contributed by atoms with Crippen LogP contribution in [0.5, 0.6) is 5.75 Å². The summed E-state index contributed by atoms with van der Waals surface area (Å²) >= 11 is 6.37. The quantitative estimate of drug-likeness (QED) is 0.593. The molecule has 1 aromatic carbocycles. The summed E-state index contributed by atoms with van der Waals surface area (Å²) in [5.41, 5.74) is -0.648. The highest BCUT2D eigenvalue weighted by Crippen LogP contribution is 2.42. The van der Waals surface area contributed by atoms with Crippen molar-refractivity contribution in [3.05, 3.63) is 52.6 Å². The van der Waals surface area contributed by atoms with Gasteiger partial charge in [-0.15, -0.1) is 0 Å². The van der Waals surface area contributed by atoms with Crippen LogP contribution >= 0.6 is 11.6 Å². The summed E-state index contributed by atoms with van der Waals surface area (Å²) < 4.78 is 5.67. The highest BCUT2D eigenvalue weighted by Gasteiger charge is 2.46. The van der Waals surface area contributed by atoms with Gasteiger partial charge < -0.3 is 14.9 Å². The largest absolute Gasteiger partial charge is 0.494 e. The third kappa shape index (κ3) is 4.72. The molecule has 0 aliphatic heterocycles. The van der Waals surface area contributed by atoms with Gasteiger partial charge in [-0.3, -0.25) is 4.79 Å². The number of hydrogen-bond acceptors (Lipinski definition) is 3. The van der Waals surface area contributed by atoms with Gasteiger partial charge >= 0.3 is 11.9 Å². The fraction of sp³-hybridized carbons (Fsp3) is 0.429. The molecule has 1 aliphatic rings. The lowest BCUT2D eigenvalue weighted by Gasteiger charge is -2.35. The van der Waals surface area contributed by atoms with E-state index >= 15 is 0 Å². The Kier molecular flexibility index (Phi) is 7.08. The molecule has 0 bridgehead atoms. The van der Waals surface area contributed by atoms with Gasteiger partial charge in [-0.25, -0.2) is 4.79 Å². The average molecular weight is 393 g/mol. The van der Waals surface area contributed by atoms with Crippen molar-refractivity contribution in [2.45, 2.75) is 39.5 Å². The minimum atomic E-state index is -1.37. The molecule has 0 radical (unpaired) electrons. The SMILES string of the molecule is CCCCCOc1ccc(CC2(C(=O)O)C=CC=C(C(=O)O)C2C)c(Cl)c1. The Morgan fingerprint density at radius 2 is 2.00 bits per heavy atom. The second-order valence-electron chi connectivity index (χ2n) is 6.84. The number of rotatable bonds is 9. The summed E-state index contributed by atoms with van der Waals surface area (Å²) in [4.78, 5) is 23.5. The summed E-state index contributed by atoms with van der Waals surface area (Å²) in [7, 11) is 0. The van der Waals surface area contributed by atoms with Gasteiger partial charge in [-0.1, -0.05) is 62.6 Å². The zero-order valence-electron chi connectivity index (χ0n) is 15.6. The number of carbonyl (C=O) groups is 2. The molecular weight excluding hydrogens is 368 g/mol. The molecule has 0 spiro atoms. The Bertz CT molecular complexity index is 768. The van der Waals surface area contributed by atoms with Crippen molar-refractivity contribution >= 4 is 23.5 Å². The van der Waals surface area contributed by atoms with Crippen molar-refractivity contribution < 1.29 is 24.5 Å². The Labute approximate surface area is 164 Å². The van der Waals surface area contributed by atoms with Gasteiger partial charge in [0.25, 0.3) is 0 Å². The monoisotopic (exact) mass is 392 g/mol. The maximum absolute atomic E-state index is 12.1. The molecule has 5 nitrogen and oxygen atoms in total. The third-order valence-corrected chi connectivity index (χ3v) is 5.43. The van der Waals surface area contributed by atoms with Crippen molar-refractivity contribution in [3.63, 3.8) is 0 Å². The van der Waals surface area contributed by atoms with Gasteiger partial charge in [-0.2, -0.15) is 0 Å². The molecule has 0 saturated carbocycles. The number of hydrogen-bond donors (Lipinski definition) is 2. The third-order valence-electron chi connectivity index (χ3n) is 5.08. The van der Waals surface area contributed by atoms with Crippen LogP contribution in [-0.2, 0) is 16.0 Å². The Morgan fingerprint density at radius 1 is 1.26 bits per heavy atom. The molecule has 2 unspecified atom stereocenters. The summed E-state index contributed by atoms with van der Waals surface area (Å²) in [5.74, 6) is -2.24. The van der Waals surface area contributed by atoms with Gasteiger partial charge in [0.15, 0.2) is 0 Å². The molecule has 0 aromatic heterocycles. The highest BCUT2D eigenvalue weighted by molar-refractivity contribution is 6.31. The number of carboxylic acids is 2. The van der Waals surface area contributed by atoms with E-state index in [4.69, 9.17) is 16.3 Å². The molecule has 0 fully saturated rings. The molecule has 2 N–H and O–H groups in total. The zero-order valence-corrected chi connectivity index (χ0v) is 16.3. The fourth-order valence-corrected chi connectivity index (χ4v) is 3.55. The molecule has 0 saturated heterocycles. The van der Waals surface area contributed by atoms with Crippen LogP contribution in [0.3, 0.4) is 0 Å².